The highest BCUT2D eigenvalue weighted by atomic mass is 31.1. The van der Waals surface area contributed by atoms with E-state index in [1.807, 2.05) is 13.1 Å². The van der Waals surface area contributed by atoms with Crippen molar-refractivity contribution in [3.05, 3.63) is 58.7 Å². The first-order valence-corrected chi connectivity index (χ1v) is 12.5. The van der Waals surface area contributed by atoms with Gasteiger partial charge in [-0.2, -0.15) is 0 Å². The number of phenolic OH excluding ortho intramolecular Hbond substituents is 1. The molecule has 0 saturated heterocycles. The Bertz CT molecular complexity index is 918. The molecule has 0 heterocycles. The predicted octanol–water partition coefficient (Wildman–Crippen LogP) is 7.62. The van der Waals surface area contributed by atoms with Gasteiger partial charge in [-0.05, 0) is 61.5 Å². The van der Waals surface area contributed by atoms with Crippen LogP contribution in [0.4, 0.5) is 0 Å². The lowest BCUT2D eigenvalue weighted by Gasteiger charge is -2.34. The maximum Gasteiger partial charge on any atom is 0.122 e. The summed E-state index contributed by atoms with van der Waals surface area (Å²) in [6.45, 7) is 19.7. The second-order valence-electron chi connectivity index (χ2n) is 11.0. The van der Waals surface area contributed by atoms with Crippen LogP contribution in [0.25, 0.3) is 0 Å². The van der Waals surface area contributed by atoms with Crippen LogP contribution in [0.5, 0.6) is 5.75 Å². The maximum atomic E-state index is 11.2. The number of benzene rings is 2. The fraction of sp³-hybridized carbons (Fsp3) is 0.536. The summed E-state index contributed by atoms with van der Waals surface area (Å²) in [7, 11) is 0.549. The van der Waals surface area contributed by atoms with Gasteiger partial charge in [-0.25, -0.2) is 0 Å². The maximum absolute atomic E-state index is 11.2. The van der Waals surface area contributed by atoms with Crippen molar-refractivity contribution in [3.8, 4) is 5.75 Å². The lowest BCUT2D eigenvalue weighted by Crippen LogP contribution is -2.23. The van der Waals surface area contributed by atoms with Crippen LogP contribution in [0, 0.1) is 6.92 Å². The summed E-state index contributed by atoms with van der Waals surface area (Å²) in [6.07, 6.45) is 5.36. The topological polar surface area (TPSA) is 32.6 Å². The third kappa shape index (κ3) is 6.91. The molecule has 0 aliphatic carbocycles. The van der Waals surface area contributed by atoms with Crippen molar-refractivity contribution in [2.75, 3.05) is 0 Å². The Morgan fingerprint density at radius 2 is 1.65 bits per heavy atom. The number of nitrogens with zero attached hydrogens (tertiary/aromatic N) is 1. The number of aliphatic imine (C=N–C) groups is 1. The molecule has 2 rings (SSSR count). The molecule has 0 bridgehead atoms. The van der Waals surface area contributed by atoms with Gasteiger partial charge in [-0.3, -0.25) is 4.99 Å². The lowest BCUT2D eigenvalue weighted by atomic mass is 9.82. The molecule has 2 aromatic carbocycles. The third-order valence-corrected chi connectivity index (χ3v) is 7.55. The molecule has 0 fully saturated rings. The van der Waals surface area contributed by atoms with Crippen LogP contribution >= 0.6 is 8.58 Å². The van der Waals surface area contributed by atoms with Gasteiger partial charge in [0.1, 0.15) is 5.75 Å². The number of unbranched alkanes of at least 4 members (excludes halogenated alkanes) is 1. The normalized spacial score (nSPS) is 15.1. The molecule has 3 heteroatoms. The number of phenols is 1. The van der Waals surface area contributed by atoms with Crippen LogP contribution in [0.15, 0.2) is 41.4 Å². The number of aryl methyl sites for hydroxylation is 1. The van der Waals surface area contributed by atoms with E-state index >= 15 is 0 Å². The molecule has 2 atom stereocenters. The molecular formula is C28H42NOP. The van der Waals surface area contributed by atoms with Gasteiger partial charge < -0.3 is 5.11 Å². The van der Waals surface area contributed by atoms with Gasteiger partial charge in [0, 0.05) is 16.9 Å². The van der Waals surface area contributed by atoms with Crippen LogP contribution < -0.4 is 5.30 Å². The molecular weight excluding hydrogens is 397 g/mol. The SMILES string of the molecule is CCCCC(C)(Pc1ccccc1/C=N/C(C)(C)C)c1cc(C(C)(C)C)cc(C)c1O. The quantitative estimate of drug-likeness (QED) is 0.349. The fourth-order valence-electron chi connectivity index (χ4n) is 3.71. The summed E-state index contributed by atoms with van der Waals surface area (Å²) in [5.41, 5.74) is 4.47. The van der Waals surface area contributed by atoms with Gasteiger partial charge in [-0.1, -0.05) is 92.4 Å². The molecule has 2 aromatic rings. The molecule has 31 heavy (non-hydrogen) atoms. The van der Waals surface area contributed by atoms with E-state index < -0.39 is 0 Å². The molecule has 2 unspecified atom stereocenters. The van der Waals surface area contributed by atoms with Crippen molar-refractivity contribution in [1.29, 1.82) is 0 Å². The van der Waals surface area contributed by atoms with E-state index in [9.17, 15) is 5.11 Å². The Hall–Kier alpha value is -1.66. The number of hydrogen-bond acceptors (Lipinski definition) is 2. The summed E-state index contributed by atoms with van der Waals surface area (Å²) in [4.78, 5) is 4.76. The van der Waals surface area contributed by atoms with Crippen molar-refractivity contribution in [2.45, 2.75) is 97.7 Å². The minimum Gasteiger partial charge on any atom is -0.507 e. The lowest BCUT2D eigenvalue weighted by molar-refractivity contribution is 0.445. The van der Waals surface area contributed by atoms with E-state index in [0.29, 0.717) is 14.3 Å². The van der Waals surface area contributed by atoms with Gasteiger partial charge in [-0.15, -0.1) is 0 Å². The molecule has 0 aliphatic heterocycles. The minimum absolute atomic E-state index is 0.0409. The van der Waals surface area contributed by atoms with Gasteiger partial charge in [0.25, 0.3) is 0 Å². The second kappa shape index (κ2) is 9.86. The monoisotopic (exact) mass is 439 g/mol. The van der Waals surface area contributed by atoms with Crippen LogP contribution in [-0.4, -0.2) is 16.9 Å². The zero-order valence-electron chi connectivity index (χ0n) is 21.1. The summed E-state index contributed by atoms with van der Waals surface area (Å²) in [5, 5.41) is 12.3. The molecule has 0 radical (unpaired) electrons. The van der Waals surface area contributed by atoms with E-state index in [2.05, 4.69) is 91.8 Å². The molecule has 170 valence electrons. The van der Waals surface area contributed by atoms with E-state index in [-0.39, 0.29) is 16.1 Å². The van der Waals surface area contributed by atoms with Crippen LogP contribution in [0.2, 0.25) is 0 Å². The van der Waals surface area contributed by atoms with E-state index in [1.165, 1.54) is 16.4 Å². The Labute approximate surface area is 192 Å². The summed E-state index contributed by atoms with van der Waals surface area (Å²) >= 11 is 0. The van der Waals surface area contributed by atoms with Gasteiger partial charge in [0.05, 0.1) is 5.54 Å². The Morgan fingerprint density at radius 3 is 2.23 bits per heavy atom. The van der Waals surface area contributed by atoms with E-state index in [4.69, 9.17) is 4.99 Å². The van der Waals surface area contributed by atoms with E-state index in [1.54, 1.807) is 0 Å². The standard InChI is InChI=1S/C28H42NOP/c1-10-11-16-28(9,23-18-22(26(3,4)5)17-20(2)25(23)30)31-24-15-13-12-14-21(24)19-29-27(6,7)8/h12-15,17-19,30-31H,10-11,16H2,1-9H3/b29-19+. The minimum atomic E-state index is -0.127. The van der Waals surface area contributed by atoms with Crippen LogP contribution in [0.3, 0.4) is 0 Å². The number of hydrogen-bond donors (Lipinski definition) is 1. The largest absolute Gasteiger partial charge is 0.507 e. The zero-order valence-corrected chi connectivity index (χ0v) is 22.1. The van der Waals surface area contributed by atoms with Crippen molar-refractivity contribution >= 4 is 20.1 Å². The fourth-order valence-corrected chi connectivity index (χ4v) is 5.41. The van der Waals surface area contributed by atoms with Crippen LogP contribution in [-0.2, 0) is 10.6 Å². The average Bonchev–Trinajstić information content (AvgIpc) is 2.66. The summed E-state index contributed by atoms with van der Waals surface area (Å²) in [6, 6.07) is 13.0. The van der Waals surface area contributed by atoms with E-state index in [0.717, 1.165) is 30.4 Å². The molecule has 0 aromatic heterocycles. The summed E-state index contributed by atoms with van der Waals surface area (Å²) < 4.78 is 0. The molecule has 0 spiro atoms. The third-order valence-electron chi connectivity index (χ3n) is 5.75. The number of rotatable bonds is 7. The number of aromatic hydroxyl groups is 1. The highest BCUT2D eigenvalue weighted by Crippen LogP contribution is 2.50. The Balaban J connectivity index is 2.60. The van der Waals surface area contributed by atoms with Crippen molar-refractivity contribution in [3.63, 3.8) is 0 Å². The van der Waals surface area contributed by atoms with Crippen molar-refractivity contribution in [2.24, 2.45) is 4.99 Å². The molecule has 0 saturated carbocycles. The second-order valence-corrected chi connectivity index (χ2v) is 12.9. The first kappa shape index (κ1) is 25.6. The summed E-state index contributed by atoms with van der Waals surface area (Å²) in [5.74, 6) is 0.458. The molecule has 1 N–H and O–H groups in total. The Kier molecular flexibility index (Phi) is 8.15. The smallest absolute Gasteiger partial charge is 0.122 e. The molecule has 0 amide bonds. The van der Waals surface area contributed by atoms with Crippen LogP contribution in [0.1, 0.15) is 96.9 Å². The van der Waals surface area contributed by atoms with Crippen molar-refractivity contribution in [1.82, 2.24) is 0 Å². The zero-order chi connectivity index (χ0) is 23.4. The highest BCUT2D eigenvalue weighted by Gasteiger charge is 2.32. The highest BCUT2D eigenvalue weighted by molar-refractivity contribution is 7.48. The molecule has 0 aliphatic rings. The Morgan fingerprint density at radius 1 is 1.00 bits per heavy atom. The predicted molar refractivity (Wildman–Crippen MR) is 140 cm³/mol. The van der Waals surface area contributed by atoms with Gasteiger partial charge >= 0.3 is 0 Å². The first-order valence-electron chi connectivity index (χ1n) is 11.5. The first-order chi connectivity index (χ1) is 14.3. The van der Waals surface area contributed by atoms with Gasteiger partial charge in [0.2, 0.25) is 0 Å². The molecule has 2 nitrogen and oxygen atoms in total. The van der Waals surface area contributed by atoms with Gasteiger partial charge in [0.15, 0.2) is 0 Å². The van der Waals surface area contributed by atoms with Crippen molar-refractivity contribution < 1.29 is 5.11 Å². The average molecular weight is 440 g/mol.